The number of rotatable bonds is 5. The topological polar surface area (TPSA) is 66.9 Å². The van der Waals surface area contributed by atoms with Crippen LogP contribution in [-0.2, 0) is 6.42 Å². The van der Waals surface area contributed by atoms with Crippen molar-refractivity contribution in [1.82, 2.24) is 10.2 Å². The molecule has 0 aliphatic heterocycles. The maximum Gasteiger partial charge on any atom is 0.259 e. The molecule has 1 aromatic carbocycles. The molecule has 21 heavy (non-hydrogen) atoms. The van der Waals surface area contributed by atoms with Gasteiger partial charge in [0.2, 0.25) is 5.13 Å². The van der Waals surface area contributed by atoms with Crippen LogP contribution >= 0.6 is 11.3 Å². The summed E-state index contributed by atoms with van der Waals surface area (Å²) in [5, 5.41) is 15.5. The Bertz CT molecular complexity index is 636. The van der Waals surface area contributed by atoms with Gasteiger partial charge in [-0.25, -0.2) is 0 Å². The lowest BCUT2D eigenvalue weighted by atomic mass is 10.1. The average Bonchev–Trinajstić information content (AvgIpc) is 2.84. The lowest BCUT2D eigenvalue weighted by Crippen LogP contribution is -2.14. The molecule has 0 bridgehead atoms. The molecule has 0 aliphatic rings. The molecule has 6 heteroatoms. The third-order valence-electron chi connectivity index (χ3n) is 2.96. The average molecular weight is 304 g/mol. The Morgan fingerprint density at radius 1 is 1.33 bits per heavy atom. The Morgan fingerprint density at radius 3 is 2.76 bits per heavy atom. The van der Waals surface area contributed by atoms with Gasteiger partial charge in [-0.05, 0) is 30.5 Å². The van der Waals surface area contributed by atoms with Crippen LogP contribution in [0.5, 0.6) is 0 Å². The molecule has 0 saturated carbocycles. The van der Waals surface area contributed by atoms with Crippen LogP contribution in [-0.4, -0.2) is 23.2 Å². The van der Waals surface area contributed by atoms with Crippen LogP contribution in [0.1, 0.15) is 34.8 Å². The van der Waals surface area contributed by atoms with E-state index < -0.39 is 0 Å². The number of aryl methyl sites for hydroxylation is 1. The quantitative estimate of drug-likeness (QED) is 0.889. The summed E-state index contributed by atoms with van der Waals surface area (Å²) in [5.74, 6) is 0.348. The van der Waals surface area contributed by atoms with Gasteiger partial charge in [0.15, 0.2) is 0 Å². The van der Waals surface area contributed by atoms with Gasteiger partial charge in [0.1, 0.15) is 5.01 Å². The van der Waals surface area contributed by atoms with E-state index in [0.717, 1.165) is 22.7 Å². The molecule has 0 fully saturated rings. The second-order valence-corrected chi connectivity index (χ2v) is 6.41. The number of anilines is 2. The van der Waals surface area contributed by atoms with E-state index >= 15 is 0 Å². The molecule has 2 N–H and O–H groups in total. The van der Waals surface area contributed by atoms with E-state index in [4.69, 9.17) is 0 Å². The van der Waals surface area contributed by atoms with Gasteiger partial charge in [-0.1, -0.05) is 31.3 Å². The van der Waals surface area contributed by atoms with Crippen molar-refractivity contribution in [3.63, 3.8) is 0 Å². The van der Waals surface area contributed by atoms with Crippen molar-refractivity contribution in [2.24, 2.45) is 5.92 Å². The lowest BCUT2D eigenvalue weighted by Gasteiger charge is -2.09. The Balaban J connectivity index is 2.12. The molecule has 112 valence electrons. The van der Waals surface area contributed by atoms with E-state index in [1.165, 1.54) is 11.3 Å². The molecule has 0 spiro atoms. The maximum atomic E-state index is 12.3. The van der Waals surface area contributed by atoms with Crippen molar-refractivity contribution in [3.05, 3.63) is 34.3 Å². The van der Waals surface area contributed by atoms with Crippen LogP contribution in [0.2, 0.25) is 0 Å². The molecule has 0 aliphatic carbocycles. The van der Waals surface area contributed by atoms with Crippen molar-refractivity contribution >= 4 is 28.1 Å². The molecule has 2 rings (SSSR count). The summed E-state index contributed by atoms with van der Waals surface area (Å²) in [7, 11) is 1.80. The van der Waals surface area contributed by atoms with E-state index in [-0.39, 0.29) is 5.91 Å². The molecule has 0 saturated heterocycles. The number of benzene rings is 1. The van der Waals surface area contributed by atoms with Gasteiger partial charge in [0, 0.05) is 19.2 Å². The standard InChI is InChI=1S/C15H20N4OS/c1-9(2)7-13-18-19-15(21-13)17-14(20)11-6-5-10(3)8-12(11)16-4/h5-6,8-9,16H,7H2,1-4H3,(H,17,19,20). The zero-order valence-corrected chi connectivity index (χ0v) is 13.5. The Hall–Kier alpha value is -1.95. The summed E-state index contributed by atoms with van der Waals surface area (Å²) >= 11 is 1.43. The van der Waals surface area contributed by atoms with Crippen LogP contribution in [0.15, 0.2) is 18.2 Å². The van der Waals surface area contributed by atoms with Gasteiger partial charge in [-0.2, -0.15) is 0 Å². The molecule has 1 heterocycles. The highest BCUT2D eigenvalue weighted by Gasteiger charge is 2.14. The van der Waals surface area contributed by atoms with Crippen molar-refractivity contribution < 1.29 is 4.79 Å². The third kappa shape index (κ3) is 4.01. The monoisotopic (exact) mass is 304 g/mol. The Kier molecular flexibility index (Phi) is 4.90. The van der Waals surface area contributed by atoms with Gasteiger partial charge < -0.3 is 5.32 Å². The first-order chi connectivity index (χ1) is 9.99. The van der Waals surface area contributed by atoms with Gasteiger partial charge in [-0.15, -0.1) is 10.2 Å². The Labute approximate surface area is 128 Å². The molecule has 0 atom stereocenters. The second kappa shape index (κ2) is 6.67. The fraction of sp³-hybridized carbons (Fsp3) is 0.400. The van der Waals surface area contributed by atoms with E-state index in [1.54, 1.807) is 7.05 Å². The molecule has 0 radical (unpaired) electrons. The van der Waals surface area contributed by atoms with Crippen LogP contribution in [0, 0.1) is 12.8 Å². The minimum Gasteiger partial charge on any atom is -0.387 e. The highest BCUT2D eigenvalue weighted by atomic mass is 32.1. The summed E-state index contributed by atoms with van der Waals surface area (Å²) < 4.78 is 0. The fourth-order valence-corrected chi connectivity index (χ4v) is 2.91. The predicted octanol–water partition coefficient (Wildman–Crippen LogP) is 3.34. The largest absolute Gasteiger partial charge is 0.387 e. The van der Waals surface area contributed by atoms with Crippen molar-refractivity contribution in [1.29, 1.82) is 0 Å². The number of carbonyl (C=O) groups excluding carboxylic acids is 1. The molecule has 5 nitrogen and oxygen atoms in total. The number of amides is 1. The van der Waals surface area contributed by atoms with Crippen molar-refractivity contribution in [2.75, 3.05) is 17.7 Å². The van der Waals surface area contributed by atoms with Gasteiger partial charge in [0.05, 0.1) is 5.56 Å². The minimum absolute atomic E-state index is 0.174. The number of carbonyl (C=O) groups is 1. The predicted molar refractivity (Wildman–Crippen MR) is 87.1 cm³/mol. The van der Waals surface area contributed by atoms with Gasteiger partial charge in [0.25, 0.3) is 5.91 Å². The molecule has 1 aromatic heterocycles. The zero-order valence-electron chi connectivity index (χ0n) is 12.7. The summed E-state index contributed by atoms with van der Waals surface area (Å²) in [6, 6.07) is 5.67. The van der Waals surface area contributed by atoms with E-state index in [0.29, 0.717) is 16.6 Å². The first-order valence-electron chi connectivity index (χ1n) is 6.91. The number of hydrogen-bond donors (Lipinski definition) is 2. The highest BCUT2D eigenvalue weighted by Crippen LogP contribution is 2.22. The minimum atomic E-state index is -0.174. The summed E-state index contributed by atoms with van der Waals surface area (Å²) in [6.45, 7) is 6.25. The molecular weight excluding hydrogens is 284 g/mol. The lowest BCUT2D eigenvalue weighted by molar-refractivity contribution is 0.102. The normalized spacial score (nSPS) is 10.7. The Morgan fingerprint density at radius 2 is 2.10 bits per heavy atom. The first-order valence-corrected chi connectivity index (χ1v) is 7.73. The number of aromatic nitrogens is 2. The molecule has 2 aromatic rings. The van der Waals surface area contributed by atoms with Crippen LogP contribution in [0.4, 0.5) is 10.8 Å². The fourth-order valence-electron chi connectivity index (χ4n) is 1.96. The first kappa shape index (κ1) is 15.4. The van der Waals surface area contributed by atoms with Crippen LogP contribution < -0.4 is 10.6 Å². The molecular formula is C15H20N4OS. The van der Waals surface area contributed by atoms with Gasteiger partial charge in [-0.3, -0.25) is 10.1 Å². The second-order valence-electron chi connectivity index (χ2n) is 5.35. The number of nitrogens with zero attached hydrogens (tertiary/aromatic N) is 2. The van der Waals surface area contributed by atoms with E-state index in [2.05, 4.69) is 34.7 Å². The van der Waals surface area contributed by atoms with Crippen LogP contribution in [0.25, 0.3) is 0 Å². The zero-order chi connectivity index (χ0) is 15.4. The van der Waals surface area contributed by atoms with E-state index in [1.807, 2.05) is 25.1 Å². The van der Waals surface area contributed by atoms with Crippen LogP contribution in [0.3, 0.4) is 0 Å². The summed E-state index contributed by atoms with van der Waals surface area (Å²) in [4.78, 5) is 12.3. The van der Waals surface area contributed by atoms with E-state index in [9.17, 15) is 4.79 Å². The maximum absolute atomic E-state index is 12.3. The smallest absolute Gasteiger partial charge is 0.259 e. The number of nitrogens with one attached hydrogen (secondary N) is 2. The van der Waals surface area contributed by atoms with Crippen molar-refractivity contribution in [3.8, 4) is 0 Å². The third-order valence-corrected chi connectivity index (χ3v) is 3.82. The van der Waals surface area contributed by atoms with Crippen molar-refractivity contribution in [2.45, 2.75) is 27.2 Å². The van der Waals surface area contributed by atoms with Gasteiger partial charge >= 0.3 is 0 Å². The summed E-state index contributed by atoms with van der Waals surface area (Å²) in [6.07, 6.45) is 0.875. The molecule has 1 amide bonds. The highest BCUT2D eigenvalue weighted by molar-refractivity contribution is 7.15. The SMILES string of the molecule is CNc1cc(C)ccc1C(=O)Nc1nnc(CC(C)C)s1. The summed E-state index contributed by atoms with van der Waals surface area (Å²) in [5.41, 5.74) is 2.51. The molecule has 0 unspecified atom stereocenters. The number of hydrogen-bond acceptors (Lipinski definition) is 5.